The Morgan fingerprint density at radius 1 is 1.45 bits per heavy atom. The predicted molar refractivity (Wildman–Crippen MR) is 52.6 cm³/mol. The minimum absolute atomic E-state index is 1.00. The van der Waals surface area contributed by atoms with Gasteiger partial charge in [-0.15, -0.1) is 6.58 Å². The first kappa shape index (κ1) is 10.2. The lowest BCUT2D eigenvalue weighted by atomic mass is 10.1. The van der Waals surface area contributed by atoms with Gasteiger partial charge in [0.05, 0.1) is 0 Å². The second-order valence-electron chi connectivity index (χ2n) is 2.51. The molecule has 0 amide bonds. The van der Waals surface area contributed by atoms with E-state index in [-0.39, 0.29) is 0 Å². The molecule has 0 spiro atoms. The molecule has 0 unspecified atom stereocenters. The summed E-state index contributed by atoms with van der Waals surface area (Å²) in [6.07, 6.45) is 11.7. The average Bonchev–Trinajstić information content (AvgIpc) is 2.05. The van der Waals surface area contributed by atoms with E-state index in [1.54, 1.807) is 0 Å². The lowest BCUT2D eigenvalue weighted by molar-refractivity contribution is 1.01. The highest BCUT2D eigenvalue weighted by atomic mass is 13.9. The first-order valence-corrected chi connectivity index (χ1v) is 4.25. The van der Waals surface area contributed by atoms with Crippen molar-refractivity contribution in [2.75, 3.05) is 0 Å². The molecule has 0 saturated heterocycles. The summed E-state index contributed by atoms with van der Waals surface area (Å²) in [5.41, 5.74) is 1.50. The van der Waals surface area contributed by atoms with Crippen LogP contribution in [0.2, 0.25) is 0 Å². The molecule has 0 radical (unpaired) electrons. The smallest absolute Gasteiger partial charge is 0.0139 e. The summed E-state index contributed by atoms with van der Waals surface area (Å²) in [5.74, 6) is 0. The lowest BCUT2D eigenvalue weighted by Gasteiger charge is -1.97. The van der Waals surface area contributed by atoms with Crippen LogP contribution in [0.1, 0.15) is 33.1 Å². The Bertz CT molecular complexity index is 149. The van der Waals surface area contributed by atoms with Crippen LogP contribution in [0.5, 0.6) is 0 Å². The molecule has 0 aromatic carbocycles. The molecule has 11 heavy (non-hydrogen) atoms. The Hall–Kier alpha value is -0.780. The van der Waals surface area contributed by atoms with E-state index in [4.69, 9.17) is 0 Å². The minimum atomic E-state index is 1.00. The molecule has 0 aliphatic heterocycles. The molecule has 0 aliphatic carbocycles. The van der Waals surface area contributed by atoms with Crippen LogP contribution >= 0.6 is 0 Å². The molecule has 0 nitrogen and oxygen atoms in total. The zero-order valence-corrected chi connectivity index (χ0v) is 7.64. The average molecular weight is 150 g/mol. The highest BCUT2D eigenvalue weighted by molar-refractivity contribution is 5.08. The van der Waals surface area contributed by atoms with Gasteiger partial charge in [-0.2, -0.15) is 0 Å². The zero-order chi connectivity index (χ0) is 8.53. The molecule has 62 valence electrons. The molecule has 0 saturated carbocycles. The largest absolute Gasteiger partial charge is 0.103 e. The van der Waals surface area contributed by atoms with Gasteiger partial charge in [0, 0.05) is 0 Å². The Balaban J connectivity index is 3.82. The number of rotatable bonds is 5. The van der Waals surface area contributed by atoms with Crippen molar-refractivity contribution in [1.82, 2.24) is 0 Å². The summed E-state index contributed by atoms with van der Waals surface area (Å²) in [4.78, 5) is 0. The van der Waals surface area contributed by atoms with Gasteiger partial charge in [0.15, 0.2) is 0 Å². The van der Waals surface area contributed by atoms with E-state index in [1.165, 1.54) is 5.57 Å². The number of hydrogen-bond acceptors (Lipinski definition) is 0. The van der Waals surface area contributed by atoms with Crippen LogP contribution in [0.15, 0.2) is 36.5 Å². The van der Waals surface area contributed by atoms with Crippen molar-refractivity contribution in [3.63, 3.8) is 0 Å². The van der Waals surface area contributed by atoms with E-state index >= 15 is 0 Å². The van der Waals surface area contributed by atoms with Crippen LogP contribution in [0.25, 0.3) is 0 Å². The first-order valence-electron chi connectivity index (χ1n) is 4.25. The summed E-state index contributed by atoms with van der Waals surface area (Å²) in [6.45, 7) is 7.93. The van der Waals surface area contributed by atoms with Crippen molar-refractivity contribution < 1.29 is 0 Å². The highest BCUT2D eigenvalue weighted by Gasteiger charge is 1.87. The molecule has 0 N–H and O–H groups in total. The molecule has 0 fully saturated rings. The molecule has 0 heteroatoms. The quantitative estimate of drug-likeness (QED) is 0.522. The van der Waals surface area contributed by atoms with E-state index in [0.29, 0.717) is 0 Å². The van der Waals surface area contributed by atoms with Crippen LogP contribution in [0.4, 0.5) is 0 Å². The molecular weight excluding hydrogens is 132 g/mol. The summed E-state index contributed by atoms with van der Waals surface area (Å²) in [6, 6.07) is 0. The van der Waals surface area contributed by atoms with E-state index in [9.17, 15) is 0 Å². The standard InChI is InChI=1S/C11H18/c1-4-7-9-11(6-3)10-8-5-2/h4-5,8-9H,1,6-7,10H2,2-3H3. The van der Waals surface area contributed by atoms with Gasteiger partial charge in [-0.3, -0.25) is 0 Å². The Labute approximate surface area is 70.3 Å². The van der Waals surface area contributed by atoms with Gasteiger partial charge in [-0.25, -0.2) is 0 Å². The molecule has 0 bridgehead atoms. The van der Waals surface area contributed by atoms with Gasteiger partial charge in [0.2, 0.25) is 0 Å². The van der Waals surface area contributed by atoms with E-state index in [0.717, 1.165) is 19.3 Å². The van der Waals surface area contributed by atoms with E-state index in [1.807, 2.05) is 6.08 Å². The van der Waals surface area contributed by atoms with Crippen molar-refractivity contribution in [1.29, 1.82) is 0 Å². The second kappa shape index (κ2) is 7.33. The third-order valence-corrected chi connectivity index (χ3v) is 1.64. The van der Waals surface area contributed by atoms with Gasteiger partial charge < -0.3 is 0 Å². The molecule has 0 aromatic rings. The fourth-order valence-corrected chi connectivity index (χ4v) is 0.891. The number of hydrogen-bond donors (Lipinski definition) is 0. The summed E-state index contributed by atoms with van der Waals surface area (Å²) < 4.78 is 0. The molecular formula is C11H18. The summed E-state index contributed by atoms with van der Waals surface area (Å²) in [7, 11) is 0. The van der Waals surface area contributed by atoms with Gasteiger partial charge in [0.25, 0.3) is 0 Å². The summed E-state index contributed by atoms with van der Waals surface area (Å²) >= 11 is 0. The van der Waals surface area contributed by atoms with Crippen LogP contribution < -0.4 is 0 Å². The molecule has 0 aliphatic rings. The topological polar surface area (TPSA) is 0 Å². The zero-order valence-electron chi connectivity index (χ0n) is 7.64. The van der Waals surface area contributed by atoms with Crippen molar-refractivity contribution in [2.24, 2.45) is 0 Å². The van der Waals surface area contributed by atoms with E-state index in [2.05, 4.69) is 38.7 Å². The van der Waals surface area contributed by atoms with Crippen LogP contribution in [0, 0.1) is 0 Å². The van der Waals surface area contributed by atoms with Crippen LogP contribution in [0.3, 0.4) is 0 Å². The van der Waals surface area contributed by atoms with Crippen molar-refractivity contribution in [3.05, 3.63) is 36.5 Å². The van der Waals surface area contributed by atoms with Crippen molar-refractivity contribution in [3.8, 4) is 0 Å². The van der Waals surface area contributed by atoms with Crippen LogP contribution in [-0.4, -0.2) is 0 Å². The minimum Gasteiger partial charge on any atom is -0.103 e. The van der Waals surface area contributed by atoms with Crippen molar-refractivity contribution >= 4 is 0 Å². The Kier molecular flexibility index (Phi) is 6.81. The Morgan fingerprint density at radius 2 is 2.18 bits per heavy atom. The predicted octanol–water partition coefficient (Wildman–Crippen LogP) is 3.87. The lowest BCUT2D eigenvalue weighted by Crippen LogP contribution is -1.77. The fraction of sp³-hybridized carbons (Fsp3) is 0.455. The second-order valence-corrected chi connectivity index (χ2v) is 2.51. The Morgan fingerprint density at radius 3 is 2.64 bits per heavy atom. The summed E-state index contributed by atoms with van der Waals surface area (Å²) in [5, 5.41) is 0. The number of allylic oxidation sites excluding steroid dienone is 5. The van der Waals surface area contributed by atoms with Gasteiger partial charge in [-0.05, 0) is 26.2 Å². The third kappa shape index (κ3) is 5.65. The van der Waals surface area contributed by atoms with Gasteiger partial charge in [0.1, 0.15) is 0 Å². The first-order chi connectivity index (χ1) is 5.35. The highest BCUT2D eigenvalue weighted by Crippen LogP contribution is 2.08. The van der Waals surface area contributed by atoms with Crippen molar-refractivity contribution in [2.45, 2.75) is 33.1 Å². The molecule has 0 aromatic heterocycles. The fourth-order valence-electron chi connectivity index (χ4n) is 0.891. The van der Waals surface area contributed by atoms with Gasteiger partial charge >= 0.3 is 0 Å². The normalized spacial score (nSPS) is 12.4. The maximum Gasteiger partial charge on any atom is -0.0139 e. The molecule has 0 atom stereocenters. The molecule has 0 heterocycles. The van der Waals surface area contributed by atoms with Crippen LogP contribution in [-0.2, 0) is 0 Å². The SMILES string of the molecule is C=CCC=C(CC)CC=CC. The third-order valence-electron chi connectivity index (χ3n) is 1.64. The van der Waals surface area contributed by atoms with Gasteiger partial charge in [-0.1, -0.05) is 36.8 Å². The molecule has 0 rings (SSSR count). The maximum absolute atomic E-state index is 3.68. The van der Waals surface area contributed by atoms with E-state index < -0.39 is 0 Å². The monoisotopic (exact) mass is 150 g/mol. The maximum atomic E-state index is 3.68.